The number of carbonyl (C=O) groups excluding carboxylic acids is 3. The number of nitrogens with one attached hydrogen (secondary N) is 2. The second kappa shape index (κ2) is 11.4. The first-order valence-corrected chi connectivity index (χ1v) is 11.5. The Hall–Kier alpha value is -2.97. The summed E-state index contributed by atoms with van der Waals surface area (Å²) in [7, 11) is 0. The number of carbonyl (C=O) groups is 3. The van der Waals surface area contributed by atoms with Gasteiger partial charge in [0.25, 0.3) is 0 Å². The van der Waals surface area contributed by atoms with Crippen LogP contribution >= 0.6 is 0 Å². The molecule has 0 aliphatic heterocycles. The maximum absolute atomic E-state index is 14.4. The van der Waals surface area contributed by atoms with Gasteiger partial charge in [-0.2, -0.15) is 0 Å². The second-order valence-corrected chi connectivity index (χ2v) is 9.88. The van der Waals surface area contributed by atoms with Gasteiger partial charge in [-0.3, -0.25) is 9.59 Å². The lowest BCUT2D eigenvalue weighted by molar-refractivity contribution is -0.146. The number of hydrogen-bond donors (Lipinski definition) is 2. The molecule has 34 heavy (non-hydrogen) atoms. The van der Waals surface area contributed by atoms with E-state index in [1.165, 1.54) is 11.0 Å². The molecule has 0 bridgehead atoms. The van der Waals surface area contributed by atoms with Gasteiger partial charge in [0.15, 0.2) is 0 Å². The highest BCUT2D eigenvalue weighted by atomic mass is 19.1. The summed E-state index contributed by atoms with van der Waals surface area (Å²) < 4.78 is 32.9. The molecule has 1 aromatic rings. The normalized spacial score (nSPS) is 14.1. The number of nitrogens with zero attached hydrogens (tertiary/aromatic N) is 1. The van der Waals surface area contributed by atoms with Crippen molar-refractivity contribution >= 4 is 17.9 Å². The predicted molar refractivity (Wildman–Crippen MR) is 125 cm³/mol. The van der Waals surface area contributed by atoms with E-state index in [1.807, 2.05) is 6.08 Å². The van der Waals surface area contributed by atoms with Crippen LogP contribution in [-0.2, 0) is 20.9 Å². The third-order valence-corrected chi connectivity index (χ3v) is 5.45. The standard InChI is InChI=1S/C25H35F2N3O4/c1-24(2,3)34-23(33)28-14-13-21(31)30(16-17-11-12-18(26)15-20(17)27)25(4,5)22(32)29-19-9-7-6-8-10-19/h9,11-12,15H,6-8,10,13-14,16H2,1-5H3,(H,28,33)(H,29,32). The van der Waals surface area contributed by atoms with E-state index in [1.54, 1.807) is 34.6 Å². The van der Waals surface area contributed by atoms with Gasteiger partial charge in [-0.15, -0.1) is 0 Å². The van der Waals surface area contributed by atoms with Crippen LogP contribution in [0.25, 0.3) is 0 Å². The Bertz CT molecular complexity index is 939. The van der Waals surface area contributed by atoms with Gasteiger partial charge in [-0.25, -0.2) is 13.6 Å². The zero-order valence-corrected chi connectivity index (χ0v) is 20.6. The first kappa shape index (κ1) is 27.3. The van der Waals surface area contributed by atoms with E-state index in [4.69, 9.17) is 4.74 Å². The summed E-state index contributed by atoms with van der Waals surface area (Å²) >= 11 is 0. The van der Waals surface area contributed by atoms with Crippen molar-refractivity contribution in [3.63, 3.8) is 0 Å². The molecule has 1 aliphatic rings. The highest BCUT2D eigenvalue weighted by molar-refractivity contribution is 5.91. The topological polar surface area (TPSA) is 87.7 Å². The molecule has 9 heteroatoms. The summed E-state index contributed by atoms with van der Waals surface area (Å²) in [6.07, 6.45) is 4.79. The molecule has 0 aromatic heterocycles. The molecule has 0 fully saturated rings. The van der Waals surface area contributed by atoms with Crippen molar-refractivity contribution < 1.29 is 27.9 Å². The lowest BCUT2D eigenvalue weighted by Gasteiger charge is -2.38. The number of hydrogen-bond acceptors (Lipinski definition) is 4. The number of allylic oxidation sites excluding steroid dienone is 2. The lowest BCUT2D eigenvalue weighted by atomic mass is 9.97. The van der Waals surface area contributed by atoms with E-state index < -0.39 is 40.7 Å². The van der Waals surface area contributed by atoms with Crippen LogP contribution in [0.5, 0.6) is 0 Å². The molecule has 0 unspecified atom stereocenters. The fourth-order valence-corrected chi connectivity index (χ4v) is 3.51. The summed E-state index contributed by atoms with van der Waals surface area (Å²) in [6, 6.07) is 3.09. The monoisotopic (exact) mass is 479 g/mol. The summed E-state index contributed by atoms with van der Waals surface area (Å²) in [5, 5.41) is 5.40. The highest BCUT2D eigenvalue weighted by Crippen LogP contribution is 2.23. The molecule has 1 aliphatic carbocycles. The molecular formula is C25H35F2N3O4. The summed E-state index contributed by atoms with van der Waals surface area (Å²) in [4.78, 5) is 39.5. The number of rotatable bonds is 8. The average molecular weight is 480 g/mol. The summed E-state index contributed by atoms with van der Waals surface area (Å²) in [5.74, 6) is -2.42. The Morgan fingerprint density at radius 1 is 1.09 bits per heavy atom. The Morgan fingerprint density at radius 3 is 2.38 bits per heavy atom. The number of halogens is 2. The van der Waals surface area contributed by atoms with Crippen LogP contribution in [0.1, 0.15) is 72.3 Å². The largest absolute Gasteiger partial charge is 0.444 e. The Balaban J connectivity index is 2.18. The maximum atomic E-state index is 14.4. The van der Waals surface area contributed by atoms with E-state index >= 15 is 0 Å². The van der Waals surface area contributed by atoms with Gasteiger partial charge in [0, 0.05) is 36.8 Å². The van der Waals surface area contributed by atoms with Crippen molar-refractivity contribution in [1.29, 1.82) is 0 Å². The van der Waals surface area contributed by atoms with Gasteiger partial charge in [-0.05, 0) is 66.4 Å². The molecule has 0 radical (unpaired) electrons. The highest BCUT2D eigenvalue weighted by Gasteiger charge is 2.38. The zero-order chi connectivity index (χ0) is 25.5. The van der Waals surface area contributed by atoms with Gasteiger partial charge in [0.2, 0.25) is 11.8 Å². The Morgan fingerprint density at radius 2 is 1.79 bits per heavy atom. The van der Waals surface area contributed by atoms with E-state index in [0.29, 0.717) is 0 Å². The fraction of sp³-hybridized carbons (Fsp3) is 0.560. The summed E-state index contributed by atoms with van der Waals surface area (Å²) in [6.45, 7) is 8.05. The van der Waals surface area contributed by atoms with Crippen LogP contribution in [0.2, 0.25) is 0 Å². The van der Waals surface area contributed by atoms with Gasteiger partial charge in [0.05, 0.1) is 0 Å². The minimum atomic E-state index is -1.35. The number of alkyl carbamates (subject to hydrolysis) is 1. The number of benzene rings is 1. The van der Waals surface area contributed by atoms with Crippen LogP contribution in [-0.4, -0.2) is 40.5 Å². The SMILES string of the molecule is CC(C)(C)OC(=O)NCCC(=O)N(Cc1ccc(F)cc1F)C(C)(C)C(=O)NC1=CCCCC1. The van der Waals surface area contributed by atoms with E-state index in [-0.39, 0.29) is 25.1 Å². The van der Waals surface area contributed by atoms with Crippen LogP contribution < -0.4 is 10.6 Å². The van der Waals surface area contributed by atoms with Crippen molar-refractivity contribution in [2.24, 2.45) is 0 Å². The molecule has 2 rings (SSSR count). The molecule has 7 nitrogen and oxygen atoms in total. The molecule has 3 amide bonds. The average Bonchev–Trinajstić information content (AvgIpc) is 2.72. The first-order chi connectivity index (χ1) is 15.8. The smallest absolute Gasteiger partial charge is 0.407 e. The lowest BCUT2D eigenvalue weighted by Crippen LogP contribution is -2.57. The quantitative estimate of drug-likeness (QED) is 0.572. The van der Waals surface area contributed by atoms with Crippen molar-refractivity contribution in [2.45, 2.75) is 84.4 Å². The van der Waals surface area contributed by atoms with E-state index in [9.17, 15) is 23.2 Å². The van der Waals surface area contributed by atoms with Gasteiger partial charge in [0.1, 0.15) is 22.8 Å². The van der Waals surface area contributed by atoms with Crippen LogP contribution in [0.3, 0.4) is 0 Å². The van der Waals surface area contributed by atoms with Crippen LogP contribution in [0.4, 0.5) is 13.6 Å². The Labute approximate surface area is 199 Å². The number of ether oxygens (including phenoxy) is 1. The Kier molecular flexibility index (Phi) is 9.18. The van der Waals surface area contributed by atoms with Crippen molar-refractivity contribution in [3.05, 3.63) is 47.2 Å². The zero-order valence-electron chi connectivity index (χ0n) is 20.6. The van der Waals surface area contributed by atoms with Gasteiger partial charge >= 0.3 is 6.09 Å². The third kappa shape index (κ3) is 8.11. The predicted octanol–water partition coefficient (Wildman–Crippen LogP) is 4.56. The third-order valence-electron chi connectivity index (χ3n) is 5.45. The summed E-state index contributed by atoms with van der Waals surface area (Å²) in [5.41, 5.74) is -1.15. The van der Waals surface area contributed by atoms with E-state index in [2.05, 4.69) is 10.6 Å². The van der Waals surface area contributed by atoms with Crippen molar-refractivity contribution in [3.8, 4) is 0 Å². The van der Waals surface area contributed by atoms with Crippen LogP contribution in [0.15, 0.2) is 30.0 Å². The van der Waals surface area contributed by atoms with E-state index in [0.717, 1.165) is 43.5 Å². The molecule has 0 spiro atoms. The van der Waals surface area contributed by atoms with Crippen molar-refractivity contribution in [2.75, 3.05) is 6.54 Å². The molecular weight excluding hydrogens is 444 g/mol. The van der Waals surface area contributed by atoms with Gasteiger partial charge in [-0.1, -0.05) is 12.1 Å². The first-order valence-electron chi connectivity index (χ1n) is 11.5. The van der Waals surface area contributed by atoms with Crippen LogP contribution in [0, 0.1) is 11.6 Å². The number of amides is 3. The molecule has 0 atom stereocenters. The molecule has 1 aromatic carbocycles. The minimum Gasteiger partial charge on any atom is -0.444 e. The molecule has 0 saturated heterocycles. The van der Waals surface area contributed by atoms with Crippen molar-refractivity contribution in [1.82, 2.24) is 15.5 Å². The van der Waals surface area contributed by atoms with Gasteiger partial charge < -0.3 is 20.3 Å². The molecule has 0 saturated carbocycles. The fourth-order valence-electron chi connectivity index (χ4n) is 3.51. The maximum Gasteiger partial charge on any atom is 0.407 e. The molecule has 188 valence electrons. The molecule has 2 N–H and O–H groups in total. The molecule has 0 heterocycles. The minimum absolute atomic E-state index is 0.0288. The second-order valence-electron chi connectivity index (χ2n) is 9.88.